The number of hydrazone groups is 1. The van der Waals surface area contributed by atoms with Crippen LogP contribution in [0.25, 0.3) is 22.1 Å². The van der Waals surface area contributed by atoms with Crippen molar-refractivity contribution in [2.45, 2.75) is 6.92 Å². The molecule has 0 unspecified atom stereocenters. The maximum atomic E-state index is 12.1. The van der Waals surface area contributed by atoms with E-state index in [2.05, 4.69) is 26.5 Å². The highest BCUT2D eigenvalue weighted by atomic mass is 79.9. The second-order valence-electron chi connectivity index (χ2n) is 6.74. The molecule has 0 fully saturated rings. The van der Waals surface area contributed by atoms with Crippen molar-refractivity contribution in [3.05, 3.63) is 88.6 Å². The minimum absolute atomic E-state index is 0.134. The molecule has 0 aliphatic rings. The number of halogens is 1. The van der Waals surface area contributed by atoms with Gasteiger partial charge in [-0.25, -0.2) is 5.43 Å². The molecule has 0 radical (unpaired) electrons. The first-order valence-corrected chi connectivity index (χ1v) is 10.2. The fourth-order valence-electron chi connectivity index (χ4n) is 3.05. The highest BCUT2D eigenvalue weighted by Gasteiger charge is 2.08. The third-order valence-corrected chi connectivity index (χ3v) is 5.16. The molecular formula is C24H19BrN2O3. The molecule has 0 atom stereocenters. The molecule has 0 aliphatic carbocycles. The van der Waals surface area contributed by atoms with Crippen LogP contribution in [0.3, 0.4) is 0 Å². The normalized spacial score (nSPS) is 11.1. The predicted molar refractivity (Wildman–Crippen MR) is 122 cm³/mol. The minimum Gasteiger partial charge on any atom is -0.483 e. The van der Waals surface area contributed by atoms with Gasteiger partial charge in [-0.2, -0.15) is 5.10 Å². The van der Waals surface area contributed by atoms with E-state index in [1.165, 1.54) is 6.21 Å². The van der Waals surface area contributed by atoms with Gasteiger partial charge in [0.2, 0.25) is 0 Å². The van der Waals surface area contributed by atoms with Gasteiger partial charge in [-0.15, -0.1) is 0 Å². The summed E-state index contributed by atoms with van der Waals surface area (Å²) in [5.74, 6) is 1.56. The Hall–Kier alpha value is -3.38. The van der Waals surface area contributed by atoms with E-state index < -0.39 is 0 Å². The van der Waals surface area contributed by atoms with Crippen molar-refractivity contribution in [1.82, 2.24) is 5.43 Å². The van der Waals surface area contributed by atoms with Crippen LogP contribution in [0.5, 0.6) is 5.75 Å². The number of hydrogen-bond donors (Lipinski definition) is 1. The number of nitrogens with zero attached hydrogens (tertiary/aromatic N) is 1. The van der Waals surface area contributed by atoms with E-state index in [9.17, 15) is 4.79 Å². The van der Waals surface area contributed by atoms with Crippen LogP contribution in [0.15, 0.2) is 86.8 Å². The molecule has 0 saturated heterocycles. The van der Waals surface area contributed by atoms with Crippen molar-refractivity contribution in [1.29, 1.82) is 0 Å². The van der Waals surface area contributed by atoms with Crippen molar-refractivity contribution < 1.29 is 13.9 Å². The molecule has 1 N–H and O–H groups in total. The zero-order valence-electron chi connectivity index (χ0n) is 16.3. The van der Waals surface area contributed by atoms with E-state index in [-0.39, 0.29) is 12.5 Å². The minimum atomic E-state index is -0.354. The number of nitrogens with one attached hydrogen (secondary N) is 1. The number of carbonyl (C=O) groups is 1. The zero-order valence-corrected chi connectivity index (χ0v) is 17.8. The van der Waals surface area contributed by atoms with E-state index in [1.807, 2.05) is 73.7 Å². The number of benzene rings is 3. The van der Waals surface area contributed by atoms with Crippen LogP contribution in [0.2, 0.25) is 0 Å². The summed E-state index contributed by atoms with van der Waals surface area (Å²) in [6, 6.07) is 23.3. The van der Waals surface area contributed by atoms with E-state index >= 15 is 0 Å². The Balaban J connectivity index is 1.34. The molecule has 4 rings (SSSR count). The predicted octanol–water partition coefficient (Wildman–Crippen LogP) is 5.70. The largest absolute Gasteiger partial charge is 0.483 e. The number of furan rings is 1. The lowest BCUT2D eigenvalue weighted by Gasteiger charge is -2.08. The number of ether oxygens (including phenoxy) is 1. The molecule has 1 heterocycles. The van der Waals surface area contributed by atoms with Crippen molar-refractivity contribution in [2.24, 2.45) is 5.10 Å². The Bertz CT molecular complexity index is 1220. The smallest absolute Gasteiger partial charge is 0.277 e. The van der Waals surface area contributed by atoms with Crippen LogP contribution >= 0.6 is 15.9 Å². The Morgan fingerprint density at radius 2 is 1.93 bits per heavy atom. The first kappa shape index (κ1) is 19.9. The van der Waals surface area contributed by atoms with Crippen LogP contribution in [0.4, 0.5) is 0 Å². The van der Waals surface area contributed by atoms with E-state index in [0.29, 0.717) is 17.3 Å². The second kappa shape index (κ2) is 8.97. The van der Waals surface area contributed by atoms with Gasteiger partial charge in [0.15, 0.2) is 6.61 Å². The molecule has 6 heteroatoms. The van der Waals surface area contributed by atoms with Crippen LogP contribution < -0.4 is 10.2 Å². The molecular weight excluding hydrogens is 444 g/mol. The van der Waals surface area contributed by atoms with Crippen LogP contribution in [0, 0.1) is 6.92 Å². The van der Waals surface area contributed by atoms with Crippen LogP contribution in [-0.2, 0) is 4.79 Å². The molecule has 0 spiro atoms. The van der Waals surface area contributed by atoms with Crippen molar-refractivity contribution >= 4 is 38.8 Å². The molecule has 30 heavy (non-hydrogen) atoms. The van der Waals surface area contributed by atoms with E-state index in [1.54, 1.807) is 6.07 Å². The van der Waals surface area contributed by atoms with Gasteiger partial charge in [-0.1, -0.05) is 58.4 Å². The number of amides is 1. The summed E-state index contributed by atoms with van der Waals surface area (Å²) in [7, 11) is 0. The molecule has 0 bridgehead atoms. The standard InChI is InChI=1S/C24H19BrN2O3/c1-16-9-11-20(21(25)13-16)23-12-10-18(30-23)14-26-27-24(28)15-29-22-8-4-6-17-5-2-3-7-19(17)22/h2-14H,15H2,1H3,(H,27,28)/b26-14+. The summed E-state index contributed by atoms with van der Waals surface area (Å²) in [5, 5.41) is 5.97. The SMILES string of the molecule is Cc1ccc(-c2ccc(/C=N/NC(=O)COc3cccc4ccccc34)o2)c(Br)c1. The number of carbonyl (C=O) groups excluding carboxylic acids is 1. The molecule has 3 aromatic carbocycles. The average molecular weight is 463 g/mol. The lowest BCUT2D eigenvalue weighted by molar-refractivity contribution is -0.123. The van der Waals surface area contributed by atoms with Gasteiger partial charge in [0, 0.05) is 15.4 Å². The van der Waals surface area contributed by atoms with Gasteiger partial charge in [-0.3, -0.25) is 4.79 Å². The highest BCUT2D eigenvalue weighted by molar-refractivity contribution is 9.10. The lowest BCUT2D eigenvalue weighted by Crippen LogP contribution is -2.24. The molecule has 0 saturated carbocycles. The summed E-state index contributed by atoms with van der Waals surface area (Å²) in [5.41, 5.74) is 4.56. The second-order valence-corrected chi connectivity index (χ2v) is 7.60. The van der Waals surface area contributed by atoms with Gasteiger partial charge < -0.3 is 9.15 Å². The Kier molecular flexibility index (Phi) is 5.95. The van der Waals surface area contributed by atoms with Gasteiger partial charge in [0.1, 0.15) is 17.3 Å². The van der Waals surface area contributed by atoms with Crippen molar-refractivity contribution in [2.75, 3.05) is 6.61 Å². The number of hydrogen-bond acceptors (Lipinski definition) is 4. The Morgan fingerprint density at radius 1 is 1.10 bits per heavy atom. The summed E-state index contributed by atoms with van der Waals surface area (Å²) < 4.78 is 12.4. The fourth-order valence-corrected chi connectivity index (χ4v) is 3.74. The first-order valence-electron chi connectivity index (χ1n) is 9.39. The number of aryl methyl sites for hydroxylation is 1. The van der Waals surface area contributed by atoms with E-state index in [0.717, 1.165) is 26.4 Å². The average Bonchev–Trinajstić information content (AvgIpc) is 3.20. The molecule has 150 valence electrons. The maximum absolute atomic E-state index is 12.1. The Morgan fingerprint density at radius 3 is 2.80 bits per heavy atom. The van der Waals surface area contributed by atoms with Crippen LogP contribution in [0.1, 0.15) is 11.3 Å². The van der Waals surface area contributed by atoms with Gasteiger partial charge >= 0.3 is 0 Å². The molecule has 1 amide bonds. The third-order valence-electron chi connectivity index (χ3n) is 4.51. The van der Waals surface area contributed by atoms with Crippen LogP contribution in [-0.4, -0.2) is 18.7 Å². The monoisotopic (exact) mass is 462 g/mol. The molecule has 5 nitrogen and oxygen atoms in total. The van der Waals surface area contributed by atoms with E-state index in [4.69, 9.17) is 9.15 Å². The number of fused-ring (bicyclic) bond motifs is 1. The summed E-state index contributed by atoms with van der Waals surface area (Å²) >= 11 is 3.55. The van der Waals surface area contributed by atoms with Gasteiger partial charge in [0.05, 0.1) is 6.21 Å². The summed E-state index contributed by atoms with van der Waals surface area (Å²) in [4.78, 5) is 12.1. The zero-order chi connectivity index (χ0) is 20.9. The van der Waals surface area contributed by atoms with Gasteiger partial charge in [-0.05, 0) is 48.2 Å². The van der Waals surface area contributed by atoms with Crippen molar-refractivity contribution in [3.8, 4) is 17.1 Å². The first-order chi connectivity index (χ1) is 14.6. The summed E-state index contributed by atoms with van der Waals surface area (Å²) in [6.07, 6.45) is 1.46. The van der Waals surface area contributed by atoms with Gasteiger partial charge in [0.25, 0.3) is 5.91 Å². The topological polar surface area (TPSA) is 63.8 Å². The Labute approximate surface area is 182 Å². The van der Waals surface area contributed by atoms with Crippen molar-refractivity contribution in [3.63, 3.8) is 0 Å². The fraction of sp³-hybridized carbons (Fsp3) is 0.0833. The quantitative estimate of drug-likeness (QED) is 0.295. The highest BCUT2D eigenvalue weighted by Crippen LogP contribution is 2.30. The number of rotatable bonds is 6. The maximum Gasteiger partial charge on any atom is 0.277 e. The molecule has 4 aromatic rings. The molecule has 1 aromatic heterocycles. The lowest BCUT2D eigenvalue weighted by atomic mass is 10.1. The third kappa shape index (κ3) is 4.60. The molecule has 0 aliphatic heterocycles. The summed E-state index contributed by atoms with van der Waals surface area (Å²) in [6.45, 7) is 1.90.